The van der Waals surface area contributed by atoms with Crippen LogP contribution in [0.1, 0.15) is 52.0 Å². The lowest BCUT2D eigenvalue weighted by Gasteiger charge is -2.34. The van der Waals surface area contributed by atoms with E-state index in [2.05, 4.69) is 21.2 Å². The van der Waals surface area contributed by atoms with E-state index in [1.165, 1.54) is 0 Å². The van der Waals surface area contributed by atoms with E-state index in [0.29, 0.717) is 0 Å². The standard InChI is InChI=1S/C22H28BrF2NO5/c1-21(2,3)31-19(28)16(23)18(27)17(15-9-11-22(24,25)12-10-15)26-20(29)30-13-14-7-5-4-6-8-14/h4-8,15-17H,9-13H2,1-3H3,(H,26,29)/t16?,17-/m0/s1. The Balaban J connectivity index is 2.09. The SMILES string of the molecule is CC(C)(C)OC(=O)C(Br)C(=O)[C@@H](NC(=O)OCc1ccccc1)C1CCC(F)(F)CC1. The summed E-state index contributed by atoms with van der Waals surface area (Å²) in [5.74, 6) is -4.79. The summed E-state index contributed by atoms with van der Waals surface area (Å²) < 4.78 is 37.6. The number of hydrogen-bond donors (Lipinski definition) is 1. The molecule has 0 bridgehead atoms. The van der Waals surface area contributed by atoms with Crippen molar-refractivity contribution in [2.75, 3.05) is 0 Å². The monoisotopic (exact) mass is 503 g/mol. The summed E-state index contributed by atoms with van der Waals surface area (Å²) in [5.41, 5.74) is -0.0571. The fourth-order valence-corrected chi connectivity index (χ4v) is 3.71. The van der Waals surface area contributed by atoms with Crippen molar-refractivity contribution in [1.82, 2.24) is 5.32 Å². The Labute approximate surface area is 189 Å². The highest BCUT2D eigenvalue weighted by Crippen LogP contribution is 2.38. The van der Waals surface area contributed by atoms with Gasteiger partial charge in [-0.2, -0.15) is 0 Å². The Hall–Kier alpha value is -2.03. The zero-order chi connectivity index (χ0) is 23.2. The lowest BCUT2D eigenvalue weighted by molar-refractivity contribution is -0.155. The number of amides is 1. The van der Waals surface area contributed by atoms with Gasteiger partial charge in [0, 0.05) is 12.8 Å². The first-order chi connectivity index (χ1) is 14.4. The van der Waals surface area contributed by atoms with Gasteiger partial charge in [0.05, 0.1) is 6.04 Å². The normalized spacial score (nSPS) is 18.5. The Bertz CT molecular complexity index is 772. The second-order valence-electron chi connectivity index (χ2n) is 8.68. The second kappa shape index (κ2) is 10.5. The number of ketones is 1. The fraction of sp³-hybridized carbons (Fsp3) is 0.591. The Morgan fingerprint density at radius 1 is 1.16 bits per heavy atom. The zero-order valence-corrected chi connectivity index (χ0v) is 19.4. The van der Waals surface area contributed by atoms with Gasteiger partial charge in [-0.05, 0) is 45.1 Å². The molecule has 0 saturated heterocycles. The van der Waals surface area contributed by atoms with Gasteiger partial charge in [0.25, 0.3) is 0 Å². The van der Waals surface area contributed by atoms with Crippen molar-refractivity contribution in [1.29, 1.82) is 0 Å². The van der Waals surface area contributed by atoms with Gasteiger partial charge in [0.1, 0.15) is 12.2 Å². The maximum atomic E-state index is 13.6. The van der Waals surface area contributed by atoms with Gasteiger partial charge in [-0.15, -0.1) is 0 Å². The van der Waals surface area contributed by atoms with Crippen LogP contribution in [0, 0.1) is 5.92 Å². The molecule has 0 aromatic heterocycles. The molecule has 172 valence electrons. The van der Waals surface area contributed by atoms with E-state index in [0.717, 1.165) is 5.56 Å². The van der Waals surface area contributed by atoms with E-state index < -0.39 is 46.2 Å². The molecule has 0 heterocycles. The van der Waals surface area contributed by atoms with E-state index in [-0.39, 0.29) is 32.3 Å². The van der Waals surface area contributed by atoms with Crippen molar-refractivity contribution in [3.8, 4) is 0 Å². The van der Waals surface area contributed by atoms with Gasteiger partial charge >= 0.3 is 12.1 Å². The average Bonchev–Trinajstić information content (AvgIpc) is 2.69. The van der Waals surface area contributed by atoms with Crippen molar-refractivity contribution in [3.63, 3.8) is 0 Å². The number of alkyl carbamates (subject to hydrolysis) is 1. The molecule has 0 radical (unpaired) electrons. The van der Waals surface area contributed by atoms with Crippen LogP contribution in [0.4, 0.5) is 13.6 Å². The van der Waals surface area contributed by atoms with Crippen LogP contribution in [0.2, 0.25) is 0 Å². The van der Waals surface area contributed by atoms with Crippen LogP contribution in [-0.4, -0.2) is 40.2 Å². The average molecular weight is 504 g/mol. The number of hydrogen-bond acceptors (Lipinski definition) is 5. The summed E-state index contributed by atoms with van der Waals surface area (Å²) in [7, 11) is 0. The van der Waals surface area contributed by atoms with Gasteiger partial charge in [-0.3, -0.25) is 9.59 Å². The summed E-state index contributed by atoms with van der Waals surface area (Å²) in [5, 5.41) is 2.49. The van der Waals surface area contributed by atoms with Gasteiger partial charge in [0.2, 0.25) is 5.92 Å². The predicted octanol–water partition coefficient (Wildman–Crippen LogP) is 4.78. The molecule has 1 saturated carbocycles. The van der Waals surface area contributed by atoms with Crippen molar-refractivity contribution in [3.05, 3.63) is 35.9 Å². The predicted molar refractivity (Wildman–Crippen MR) is 114 cm³/mol. The molecular formula is C22H28BrF2NO5. The van der Waals surface area contributed by atoms with Crippen LogP contribution < -0.4 is 5.32 Å². The van der Waals surface area contributed by atoms with Gasteiger partial charge in [-0.1, -0.05) is 46.3 Å². The third-order valence-corrected chi connectivity index (χ3v) is 5.71. The zero-order valence-electron chi connectivity index (χ0n) is 17.8. The lowest BCUT2D eigenvalue weighted by atomic mass is 9.80. The summed E-state index contributed by atoms with van der Waals surface area (Å²) in [4.78, 5) is 36.4. The first-order valence-corrected chi connectivity index (χ1v) is 11.1. The first-order valence-electron chi connectivity index (χ1n) is 10.1. The van der Waals surface area contributed by atoms with Crippen LogP contribution in [-0.2, 0) is 25.7 Å². The molecule has 1 aliphatic rings. The molecule has 0 spiro atoms. The minimum absolute atomic E-state index is 0.0138. The summed E-state index contributed by atoms with van der Waals surface area (Å²) in [6.07, 6.45) is -1.56. The van der Waals surface area contributed by atoms with Crippen LogP contribution in [0.3, 0.4) is 0 Å². The Morgan fingerprint density at radius 3 is 2.29 bits per heavy atom. The maximum Gasteiger partial charge on any atom is 0.408 e. The highest BCUT2D eigenvalue weighted by molar-refractivity contribution is 9.10. The quantitative estimate of drug-likeness (QED) is 0.329. The number of nitrogens with one attached hydrogen (secondary N) is 1. The summed E-state index contributed by atoms with van der Waals surface area (Å²) >= 11 is 3.05. The molecule has 6 nitrogen and oxygen atoms in total. The number of esters is 1. The largest absolute Gasteiger partial charge is 0.459 e. The van der Waals surface area contributed by atoms with Crippen molar-refractivity contribution in [2.45, 2.75) is 75.5 Å². The lowest BCUT2D eigenvalue weighted by Crippen LogP contribution is -2.52. The molecule has 1 aliphatic carbocycles. The van der Waals surface area contributed by atoms with E-state index in [1.807, 2.05) is 6.07 Å². The summed E-state index contributed by atoms with van der Waals surface area (Å²) in [6.45, 7) is 4.97. The number of carbonyl (C=O) groups is 3. The number of Topliss-reactive ketones (excluding diaryl/α,β-unsaturated/α-hetero) is 1. The third-order valence-electron chi connectivity index (χ3n) is 4.89. The molecule has 1 aromatic rings. The number of halogens is 3. The molecule has 1 amide bonds. The molecule has 0 aliphatic heterocycles. The number of carbonyl (C=O) groups excluding carboxylic acids is 3. The molecule has 31 heavy (non-hydrogen) atoms. The highest BCUT2D eigenvalue weighted by atomic mass is 79.9. The van der Waals surface area contributed by atoms with E-state index in [9.17, 15) is 23.2 Å². The number of benzene rings is 1. The van der Waals surface area contributed by atoms with E-state index in [4.69, 9.17) is 9.47 Å². The molecule has 1 fully saturated rings. The minimum atomic E-state index is -2.79. The number of ether oxygens (including phenoxy) is 2. The van der Waals surface area contributed by atoms with Gasteiger partial charge < -0.3 is 14.8 Å². The van der Waals surface area contributed by atoms with E-state index >= 15 is 0 Å². The molecule has 1 unspecified atom stereocenters. The minimum Gasteiger partial charge on any atom is -0.459 e. The Morgan fingerprint density at radius 2 is 1.74 bits per heavy atom. The first kappa shape index (κ1) is 25.2. The van der Waals surface area contributed by atoms with E-state index in [1.54, 1.807) is 45.0 Å². The van der Waals surface area contributed by atoms with Gasteiger partial charge in [-0.25, -0.2) is 13.6 Å². The fourth-order valence-electron chi connectivity index (χ4n) is 3.34. The van der Waals surface area contributed by atoms with Crippen LogP contribution in [0.25, 0.3) is 0 Å². The van der Waals surface area contributed by atoms with Crippen molar-refractivity contribution in [2.24, 2.45) is 5.92 Å². The molecule has 9 heteroatoms. The molecule has 2 atom stereocenters. The maximum absolute atomic E-state index is 13.6. The number of rotatable bonds is 7. The third kappa shape index (κ3) is 8.20. The van der Waals surface area contributed by atoms with Crippen molar-refractivity contribution >= 4 is 33.8 Å². The van der Waals surface area contributed by atoms with Crippen LogP contribution in [0.5, 0.6) is 0 Å². The molecule has 1 aromatic carbocycles. The smallest absolute Gasteiger partial charge is 0.408 e. The number of alkyl halides is 3. The van der Waals surface area contributed by atoms with Crippen LogP contribution >= 0.6 is 15.9 Å². The van der Waals surface area contributed by atoms with Crippen molar-refractivity contribution < 1.29 is 32.6 Å². The van der Waals surface area contributed by atoms with Crippen LogP contribution in [0.15, 0.2) is 30.3 Å². The highest BCUT2D eigenvalue weighted by Gasteiger charge is 2.43. The summed E-state index contributed by atoms with van der Waals surface area (Å²) in [6, 6.07) is 7.80. The molecule has 2 rings (SSSR count). The second-order valence-corrected chi connectivity index (χ2v) is 9.59. The Kier molecular flexibility index (Phi) is 8.57. The molecule has 1 N–H and O–H groups in total. The van der Waals surface area contributed by atoms with Gasteiger partial charge in [0.15, 0.2) is 10.6 Å². The topological polar surface area (TPSA) is 81.7 Å². The molecular weight excluding hydrogens is 476 g/mol.